The van der Waals surface area contributed by atoms with Gasteiger partial charge in [0, 0.05) is 17.7 Å². The molecule has 0 aliphatic heterocycles. The Hall–Kier alpha value is -1.90. The number of hydrogen-bond acceptors (Lipinski definition) is 5. The number of thioether (sulfide) groups is 1. The van der Waals surface area contributed by atoms with E-state index in [1.165, 1.54) is 17.3 Å². The lowest BCUT2D eigenvalue weighted by molar-refractivity contribution is -0.132. The highest BCUT2D eigenvalue weighted by Crippen LogP contribution is 2.66. The monoisotopic (exact) mass is 434 g/mol. The van der Waals surface area contributed by atoms with Gasteiger partial charge in [-0.25, -0.2) is 4.98 Å². The molecule has 0 spiro atoms. The third-order valence-electron chi connectivity index (χ3n) is 8.97. The number of rotatable bonds is 2. The molecule has 0 saturated heterocycles. The van der Waals surface area contributed by atoms with Crippen LogP contribution in [0.15, 0.2) is 52.7 Å². The molecule has 1 aromatic rings. The van der Waals surface area contributed by atoms with E-state index in [0.29, 0.717) is 18.3 Å². The van der Waals surface area contributed by atoms with Gasteiger partial charge in [-0.15, -0.1) is 0 Å². The normalized spacial score (nSPS) is 41.2. The average Bonchev–Trinajstić information content (AvgIpc) is 3.10. The molecular weight excluding hydrogens is 404 g/mol. The van der Waals surface area contributed by atoms with E-state index < -0.39 is 6.10 Å². The number of nitriles is 1. The van der Waals surface area contributed by atoms with Gasteiger partial charge in [0.2, 0.25) is 0 Å². The number of aromatic nitrogens is 1. The van der Waals surface area contributed by atoms with Crippen LogP contribution in [0.5, 0.6) is 0 Å². The smallest absolute Gasteiger partial charge is 0.198 e. The molecule has 1 N–H and O–H groups in total. The minimum absolute atomic E-state index is 0.0327. The second kappa shape index (κ2) is 7.60. The second-order valence-electron chi connectivity index (χ2n) is 10.4. The molecule has 1 aromatic heterocycles. The maximum Gasteiger partial charge on any atom is 0.198 e. The summed E-state index contributed by atoms with van der Waals surface area (Å²) in [6, 6.07) is 8.01. The van der Waals surface area contributed by atoms with Crippen molar-refractivity contribution in [1.82, 2.24) is 4.98 Å². The standard InChI is InChI=1S/C26H30N2O2S/c1-25-11-10-16(15-27)13-17(25)6-7-18-19-8-9-20(26(19,2)14-21(29)23(18)25)24(30)31-22-5-3-4-12-28-22/h3-6,12-13,18-21,23,29H,7-11,14H2,1-2H3/t18-,19-,20+,21-,23+,25-,26-/m0/s1. The predicted molar refractivity (Wildman–Crippen MR) is 121 cm³/mol. The minimum Gasteiger partial charge on any atom is -0.393 e. The van der Waals surface area contributed by atoms with E-state index in [4.69, 9.17) is 0 Å². The number of pyridine rings is 1. The second-order valence-corrected chi connectivity index (χ2v) is 11.4. The SMILES string of the molecule is C[C@]12C[C@H](O)[C@H]3[C@@H](CC=C4C=C(C#N)CC[C@@]43C)[C@@H]1CC[C@@H]2C(=O)Sc1ccccn1. The number of fused-ring (bicyclic) bond motifs is 5. The number of aliphatic hydroxyl groups excluding tert-OH is 1. The van der Waals surface area contributed by atoms with Crippen LogP contribution in [0.3, 0.4) is 0 Å². The summed E-state index contributed by atoms with van der Waals surface area (Å²) in [4.78, 5) is 17.6. The highest BCUT2D eigenvalue weighted by atomic mass is 32.2. The summed E-state index contributed by atoms with van der Waals surface area (Å²) in [6.45, 7) is 4.54. The third kappa shape index (κ3) is 3.22. The molecule has 5 rings (SSSR count). The maximum atomic E-state index is 13.3. The number of nitrogens with zero attached hydrogens (tertiary/aromatic N) is 2. The van der Waals surface area contributed by atoms with Crippen LogP contribution < -0.4 is 0 Å². The van der Waals surface area contributed by atoms with E-state index in [-0.39, 0.29) is 27.8 Å². The number of carbonyl (C=O) groups is 1. The van der Waals surface area contributed by atoms with E-state index >= 15 is 0 Å². The van der Waals surface area contributed by atoms with Crippen LogP contribution in [0.4, 0.5) is 0 Å². The van der Waals surface area contributed by atoms with Crippen LogP contribution in [0, 0.1) is 45.8 Å². The molecule has 31 heavy (non-hydrogen) atoms. The van der Waals surface area contributed by atoms with E-state index in [0.717, 1.165) is 42.7 Å². The van der Waals surface area contributed by atoms with Crippen molar-refractivity contribution < 1.29 is 9.90 Å². The lowest BCUT2D eigenvalue weighted by Crippen LogP contribution is -2.56. The van der Waals surface area contributed by atoms with Gasteiger partial charge in [0.1, 0.15) is 5.03 Å². The fraction of sp³-hybridized carbons (Fsp3) is 0.577. The zero-order valence-corrected chi connectivity index (χ0v) is 19.1. The number of hydrogen-bond donors (Lipinski definition) is 1. The Morgan fingerprint density at radius 1 is 1.32 bits per heavy atom. The van der Waals surface area contributed by atoms with Crippen molar-refractivity contribution in [3.63, 3.8) is 0 Å². The zero-order chi connectivity index (χ0) is 21.8. The summed E-state index contributed by atoms with van der Waals surface area (Å²) in [5, 5.41) is 21.8. The molecule has 4 aliphatic rings. The quantitative estimate of drug-likeness (QED) is 0.639. The first-order valence-electron chi connectivity index (χ1n) is 11.5. The Morgan fingerprint density at radius 2 is 2.16 bits per heavy atom. The van der Waals surface area contributed by atoms with Crippen molar-refractivity contribution in [2.75, 3.05) is 0 Å². The molecule has 7 atom stereocenters. The number of aliphatic hydroxyl groups is 1. The van der Waals surface area contributed by atoms with Gasteiger partial charge in [0.05, 0.1) is 12.2 Å². The molecular formula is C26H30N2O2S. The number of carbonyl (C=O) groups excluding carboxylic acids is 1. The Bertz CT molecular complexity index is 996. The Labute approximate surface area is 188 Å². The van der Waals surface area contributed by atoms with Gasteiger partial charge >= 0.3 is 0 Å². The van der Waals surface area contributed by atoms with Crippen LogP contribution >= 0.6 is 11.8 Å². The lowest BCUT2D eigenvalue weighted by Gasteiger charge is -2.58. The third-order valence-corrected chi connectivity index (χ3v) is 9.91. The summed E-state index contributed by atoms with van der Waals surface area (Å²) < 4.78 is 0. The van der Waals surface area contributed by atoms with Gasteiger partial charge in [-0.05, 0) is 103 Å². The van der Waals surface area contributed by atoms with Gasteiger partial charge in [0.15, 0.2) is 5.12 Å². The van der Waals surface area contributed by atoms with Crippen molar-refractivity contribution in [3.8, 4) is 6.07 Å². The molecule has 4 aliphatic carbocycles. The van der Waals surface area contributed by atoms with E-state index in [1.807, 2.05) is 18.2 Å². The molecule has 0 unspecified atom stereocenters. The largest absolute Gasteiger partial charge is 0.393 e. The number of allylic oxidation sites excluding steroid dienone is 4. The Kier molecular flexibility index (Phi) is 5.14. The van der Waals surface area contributed by atoms with Crippen LogP contribution in [0.1, 0.15) is 52.4 Å². The summed E-state index contributed by atoms with van der Waals surface area (Å²) in [5.41, 5.74) is 1.86. The van der Waals surface area contributed by atoms with Crippen molar-refractivity contribution in [2.45, 2.75) is 63.5 Å². The average molecular weight is 435 g/mol. The van der Waals surface area contributed by atoms with Crippen LogP contribution in [-0.4, -0.2) is 21.3 Å². The molecule has 2 fully saturated rings. The molecule has 0 amide bonds. The van der Waals surface area contributed by atoms with Crippen LogP contribution in [0.25, 0.3) is 0 Å². The molecule has 0 aromatic carbocycles. The van der Waals surface area contributed by atoms with Gasteiger partial charge in [-0.1, -0.05) is 26.0 Å². The van der Waals surface area contributed by atoms with Crippen LogP contribution in [-0.2, 0) is 4.79 Å². The first kappa shape index (κ1) is 21.0. The Balaban J connectivity index is 1.43. The fourth-order valence-corrected chi connectivity index (χ4v) is 8.51. The Morgan fingerprint density at radius 3 is 2.90 bits per heavy atom. The topological polar surface area (TPSA) is 74.0 Å². The van der Waals surface area contributed by atoms with Crippen molar-refractivity contribution in [1.29, 1.82) is 5.26 Å². The molecule has 2 saturated carbocycles. The van der Waals surface area contributed by atoms with E-state index in [2.05, 4.69) is 37.1 Å². The summed E-state index contributed by atoms with van der Waals surface area (Å²) in [6.07, 6.45) is 11.0. The van der Waals surface area contributed by atoms with Gasteiger partial charge in [-0.3, -0.25) is 4.79 Å². The van der Waals surface area contributed by atoms with Crippen LogP contribution in [0.2, 0.25) is 0 Å². The molecule has 5 heteroatoms. The van der Waals surface area contributed by atoms with Gasteiger partial charge in [0.25, 0.3) is 0 Å². The first-order valence-corrected chi connectivity index (χ1v) is 12.3. The predicted octanol–water partition coefficient (Wildman–Crippen LogP) is 5.31. The molecule has 0 radical (unpaired) electrons. The summed E-state index contributed by atoms with van der Waals surface area (Å²) in [5.74, 6) is 1.03. The molecule has 0 bridgehead atoms. The van der Waals surface area contributed by atoms with Crippen molar-refractivity contribution >= 4 is 16.9 Å². The lowest BCUT2D eigenvalue weighted by atomic mass is 9.47. The van der Waals surface area contributed by atoms with Gasteiger partial charge in [-0.2, -0.15) is 5.26 Å². The highest BCUT2D eigenvalue weighted by Gasteiger charge is 2.62. The van der Waals surface area contributed by atoms with Crippen molar-refractivity contribution in [2.24, 2.45) is 34.5 Å². The van der Waals surface area contributed by atoms with Crippen molar-refractivity contribution in [3.05, 3.63) is 47.7 Å². The fourth-order valence-electron chi connectivity index (χ4n) is 7.52. The molecule has 1 heterocycles. The first-order chi connectivity index (χ1) is 14.9. The summed E-state index contributed by atoms with van der Waals surface area (Å²) in [7, 11) is 0. The highest BCUT2D eigenvalue weighted by molar-refractivity contribution is 8.13. The maximum absolute atomic E-state index is 13.3. The van der Waals surface area contributed by atoms with E-state index in [1.54, 1.807) is 6.20 Å². The molecule has 162 valence electrons. The minimum atomic E-state index is -0.412. The van der Waals surface area contributed by atoms with Gasteiger partial charge < -0.3 is 5.11 Å². The van der Waals surface area contributed by atoms with E-state index in [9.17, 15) is 15.2 Å². The zero-order valence-electron chi connectivity index (χ0n) is 18.3. The molecule has 4 nitrogen and oxygen atoms in total. The summed E-state index contributed by atoms with van der Waals surface area (Å²) >= 11 is 1.26.